The standard InChI is InChI=1S/C20H21FN2/c21-16-11-12-17-18(13-16)23-20(22-17)19(14-7-3-1-4-8-14)15-9-5-2-6-10-15/h1,3-4,7-8,11-13,15,19H,2,5-6,9-10H2,(H,22,23). The smallest absolute Gasteiger partial charge is 0.125 e. The molecule has 1 aliphatic rings. The Bertz CT molecular complexity index is 788. The average Bonchev–Trinajstić information content (AvgIpc) is 2.99. The number of hydrogen-bond acceptors (Lipinski definition) is 1. The van der Waals surface area contributed by atoms with E-state index in [2.05, 4.69) is 35.3 Å². The number of H-pyrrole nitrogens is 1. The predicted octanol–water partition coefficient (Wildman–Crippen LogP) is 5.41. The molecule has 1 N–H and O–H groups in total. The average molecular weight is 308 g/mol. The highest BCUT2D eigenvalue weighted by Gasteiger charge is 2.28. The van der Waals surface area contributed by atoms with E-state index in [0.29, 0.717) is 5.92 Å². The second kappa shape index (κ2) is 6.15. The van der Waals surface area contributed by atoms with Gasteiger partial charge in [-0.2, -0.15) is 0 Å². The maximum absolute atomic E-state index is 13.5. The van der Waals surface area contributed by atoms with Crippen LogP contribution in [-0.2, 0) is 0 Å². The summed E-state index contributed by atoms with van der Waals surface area (Å²) in [6.45, 7) is 0. The third kappa shape index (κ3) is 2.88. The Hall–Kier alpha value is -2.16. The maximum Gasteiger partial charge on any atom is 0.125 e. The van der Waals surface area contributed by atoms with Gasteiger partial charge in [0.1, 0.15) is 11.6 Å². The summed E-state index contributed by atoms with van der Waals surface area (Å²) in [5, 5.41) is 0. The number of benzene rings is 2. The van der Waals surface area contributed by atoms with E-state index < -0.39 is 0 Å². The summed E-state index contributed by atoms with van der Waals surface area (Å²) in [7, 11) is 0. The van der Waals surface area contributed by atoms with Crippen molar-refractivity contribution in [3.8, 4) is 0 Å². The molecule has 0 saturated heterocycles. The monoisotopic (exact) mass is 308 g/mol. The summed E-state index contributed by atoms with van der Waals surface area (Å²) in [4.78, 5) is 8.16. The number of nitrogens with one attached hydrogen (secondary N) is 1. The highest BCUT2D eigenvalue weighted by molar-refractivity contribution is 5.75. The van der Waals surface area contributed by atoms with Gasteiger partial charge in [-0.1, -0.05) is 49.6 Å². The van der Waals surface area contributed by atoms with E-state index in [1.165, 1.54) is 49.8 Å². The van der Waals surface area contributed by atoms with Crippen molar-refractivity contribution in [2.24, 2.45) is 5.92 Å². The molecule has 1 atom stereocenters. The van der Waals surface area contributed by atoms with Gasteiger partial charge in [-0.25, -0.2) is 9.37 Å². The minimum atomic E-state index is -0.221. The largest absolute Gasteiger partial charge is 0.341 e. The molecule has 0 radical (unpaired) electrons. The molecule has 1 saturated carbocycles. The van der Waals surface area contributed by atoms with E-state index in [0.717, 1.165) is 16.9 Å². The van der Waals surface area contributed by atoms with Crippen molar-refractivity contribution >= 4 is 11.0 Å². The number of halogens is 1. The lowest BCUT2D eigenvalue weighted by Crippen LogP contribution is -2.18. The molecule has 23 heavy (non-hydrogen) atoms. The maximum atomic E-state index is 13.5. The number of aromatic amines is 1. The fourth-order valence-corrected chi connectivity index (χ4v) is 3.93. The lowest BCUT2D eigenvalue weighted by Gasteiger charge is -2.29. The Labute approximate surface area is 135 Å². The molecule has 4 rings (SSSR count). The van der Waals surface area contributed by atoms with Crippen molar-refractivity contribution in [1.29, 1.82) is 0 Å². The zero-order chi connectivity index (χ0) is 15.6. The van der Waals surface area contributed by atoms with Gasteiger partial charge in [-0.15, -0.1) is 0 Å². The molecular formula is C20H21FN2. The number of nitrogens with zero attached hydrogens (tertiary/aromatic N) is 1. The molecule has 3 heteroatoms. The first kappa shape index (κ1) is 14.4. The molecule has 0 amide bonds. The number of aromatic nitrogens is 2. The van der Waals surface area contributed by atoms with Crippen LogP contribution in [0, 0.1) is 11.7 Å². The Morgan fingerprint density at radius 3 is 2.57 bits per heavy atom. The van der Waals surface area contributed by atoms with Crippen molar-refractivity contribution in [2.45, 2.75) is 38.0 Å². The predicted molar refractivity (Wildman–Crippen MR) is 90.9 cm³/mol. The molecule has 1 fully saturated rings. The molecule has 2 nitrogen and oxygen atoms in total. The zero-order valence-corrected chi connectivity index (χ0v) is 13.1. The van der Waals surface area contributed by atoms with E-state index in [9.17, 15) is 4.39 Å². The van der Waals surface area contributed by atoms with Crippen molar-refractivity contribution < 1.29 is 4.39 Å². The molecule has 0 spiro atoms. The van der Waals surface area contributed by atoms with Crippen LogP contribution in [0.1, 0.15) is 49.4 Å². The molecule has 1 unspecified atom stereocenters. The fraction of sp³-hybridized carbons (Fsp3) is 0.350. The van der Waals surface area contributed by atoms with Crippen LogP contribution in [0.2, 0.25) is 0 Å². The SMILES string of the molecule is Fc1ccc2nc(C(c3ccccc3)C3CCCCC3)[nH]c2c1. The van der Waals surface area contributed by atoms with E-state index in [-0.39, 0.29) is 11.7 Å². The second-order valence-electron chi connectivity index (χ2n) is 6.57. The summed E-state index contributed by atoms with van der Waals surface area (Å²) in [5.41, 5.74) is 2.94. The quantitative estimate of drug-likeness (QED) is 0.688. The van der Waals surface area contributed by atoms with E-state index in [1.54, 1.807) is 6.07 Å². The Morgan fingerprint density at radius 2 is 1.78 bits per heavy atom. The van der Waals surface area contributed by atoms with Gasteiger partial charge in [0.15, 0.2) is 0 Å². The topological polar surface area (TPSA) is 28.7 Å². The molecule has 1 aliphatic carbocycles. The van der Waals surface area contributed by atoms with Crippen LogP contribution in [0.25, 0.3) is 11.0 Å². The van der Waals surface area contributed by atoms with Gasteiger partial charge < -0.3 is 4.98 Å². The summed E-state index contributed by atoms with van der Waals surface area (Å²) in [6.07, 6.45) is 6.41. The molecule has 0 aliphatic heterocycles. The van der Waals surface area contributed by atoms with Crippen molar-refractivity contribution in [3.63, 3.8) is 0 Å². The van der Waals surface area contributed by atoms with Crippen LogP contribution in [0.15, 0.2) is 48.5 Å². The number of rotatable bonds is 3. The van der Waals surface area contributed by atoms with Crippen LogP contribution >= 0.6 is 0 Å². The molecule has 1 heterocycles. The first-order valence-electron chi connectivity index (χ1n) is 8.51. The molecular weight excluding hydrogens is 287 g/mol. The third-order valence-electron chi connectivity index (χ3n) is 5.04. The Kier molecular flexibility index (Phi) is 3.86. The van der Waals surface area contributed by atoms with Crippen LogP contribution in [0.3, 0.4) is 0 Å². The molecule has 118 valence electrons. The second-order valence-corrected chi connectivity index (χ2v) is 6.57. The van der Waals surface area contributed by atoms with Crippen LogP contribution in [-0.4, -0.2) is 9.97 Å². The van der Waals surface area contributed by atoms with Gasteiger partial charge >= 0.3 is 0 Å². The summed E-state index contributed by atoms with van der Waals surface area (Å²) in [5.74, 6) is 1.63. The van der Waals surface area contributed by atoms with Crippen molar-refractivity contribution in [2.75, 3.05) is 0 Å². The highest BCUT2D eigenvalue weighted by atomic mass is 19.1. The van der Waals surface area contributed by atoms with Gasteiger partial charge in [0.2, 0.25) is 0 Å². The minimum Gasteiger partial charge on any atom is -0.341 e. The van der Waals surface area contributed by atoms with E-state index in [4.69, 9.17) is 4.98 Å². The van der Waals surface area contributed by atoms with E-state index >= 15 is 0 Å². The Morgan fingerprint density at radius 1 is 1.00 bits per heavy atom. The molecule has 0 bridgehead atoms. The highest BCUT2D eigenvalue weighted by Crippen LogP contribution is 2.39. The zero-order valence-electron chi connectivity index (χ0n) is 13.1. The van der Waals surface area contributed by atoms with E-state index in [1.807, 2.05) is 0 Å². The third-order valence-corrected chi connectivity index (χ3v) is 5.04. The first-order valence-corrected chi connectivity index (χ1v) is 8.51. The van der Waals surface area contributed by atoms with Crippen LogP contribution in [0.5, 0.6) is 0 Å². The Balaban J connectivity index is 1.79. The van der Waals surface area contributed by atoms with Crippen molar-refractivity contribution in [1.82, 2.24) is 9.97 Å². The van der Waals surface area contributed by atoms with Gasteiger partial charge in [0, 0.05) is 5.92 Å². The first-order chi connectivity index (χ1) is 11.3. The van der Waals surface area contributed by atoms with Crippen molar-refractivity contribution in [3.05, 3.63) is 65.7 Å². The number of imidazole rings is 1. The summed E-state index contributed by atoms with van der Waals surface area (Å²) in [6, 6.07) is 15.4. The molecule has 3 aromatic rings. The van der Waals surface area contributed by atoms with Gasteiger partial charge in [-0.05, 0) is 42.5 Å². The van der Waals surface area contributed by atoms with Crippen LogP contribution in [0.4, 0.5) is 4.39 Å². The van der Waals surface area contributed by atoms with Crippen LogP contribution < -0.4 is 0 Å². The van der Waals surface area contributed by atoms with Gasteiger partial charge in [0.25, 0.3) is 0 Å². The lowest BCUT2D eigenvalue weighted by atomic mass is 9.76. The number of hydrogen-bond donors (Lipinski definition) is 1. The summed E-state index contributed by atoms with van der Waals surface area (Å²) < 4.78 is 13.5. The van der Waals surface area contributed by atoms with Gasteiger partial charge in [0.05, 0.1) is 11.0 Å². The molecule has 1 aromatic heterocycles. The molecule has 2 aromatic carbocycles. The van der Waals surface area contributed by atoms with Gasteiger partial charge in [-0.3, -0.25) is 0 Å². The normalized spacial score (nSPS) is 17.4. The fourth-order valence-electron chi connectivity index (χ4n) is 3.93. The summed E-state index contributed by atoms with van der Waals surface area (Å²) >= 11 is 0. The minimum absolute atomic E-state index is 0.221. The number of fused-ring (bicyclic) bond motifs is 1. The lowest BCUT2D eigenvalue weighted by molar-refractivity contribution is 0.322.